The largest absolute Gasteiger partial charge is 0.315 e. The highest BCUT2D eigenvalue weighted by Gasteiger charge is 2.19. The van der Waals surface area contributed by atoms with Crippen molar-refractivity contribution in [1.82, 2.24) is 10.6 Å². The molecule has 2 heteroatoms. The molecular weight excluding hydrogens is 172 g/mol. The van der Waals surface area contributed by atoms with Crippen molar-refractivity contribution in [2.45, 2.75) is 51.0 Å². The van der Waals surface area contributed by atoms with Crippen molar-refractivity contribution in [3.63, 3.8) is 0 Å². The second kappa shape index (κ2) is 5.72. The van der Waals surface area contributed by atoms with E-state index in [1.54, 1.807) is 0 Å². The lowest BCUT2D eigenvalue weighted by Gasteiger charge is -2.09. The first-order chi connectivity index (χ1) is 6.95. The summed E-state index contributed by atoms with van der Waals surface area (Å²) in [5, 5.41) is 7.06. The molecule has 2 N–H and O–H groups in total. The molecule has 0 aromatic carbocycles. The smallest absolute Gasteiger partial charge is 0.00793 e. The normalized spacial score (nSPS) is 23.1. The quantitative estimate of drug-likeness (QED) is 0.608. The summed E-state index contributed by atoms with van der Waals surface area (Å²) in [7, 11) is 0. The third-order valence-electron chi connectivity index (χ3n) is 3.52. The average Bonchev–Trinajstić information content (AvgIpc) is 2.87. The summed E-state index contributed by atoms with van der Waals surface area (Å²) in [5.41, 5.74) is 0. The summed E-state index contributed by atoms with van der Waals surface area (Å²) >= 11 is 0. The van der Waals surface area contributed by atoms with Crippen LogP contribution in [0, 0.1) is 5.92 Å². The number of nitrogens with one attached hydrogen (secondary N) is 2. The Morgan fingerprint density at radius 2 is 1.64 bits per heavy atom. The van der Waals surface area contributed by atoms with Crippen molar-refractivity contribution in [1.29, 1.82) is 0 Å². The first-order valence-corrected chi connectivity index (χ1v) is 6.39. The molecule has 0 saturated heterocycles. The highest BCUT2D eigenvalue weighted by Crippen LogP contribution is 2.26. The Hall–Kier alpha value is -0.0800. The Balaban J connectivity index is 1.35. The Labute approximate surface area is 87.8 Å². The third-order valence-corrected chi connectivity index (χ3v) is 3.52. The van der Waals surface area contributed by atoms with Crippen LogP contribution in [0.15, 0.2) is 0 Å². The molecule has 0 unspecified atom stereocenters. The van der Waals surface area contributed by atoms with Crippen molar-refractivity contribution in [3.05, 3.63) is 0 Å². The molecule has 2 aliphatic rings. The molecule has 0 heterocycles. The lowest BCUT2D eigenvalue weighted by molar-refractivity contribution is 0.474. The Kier molecular flexibility index (Phi) is 4.26. The number of rotatable bonds is 7. The van der Waals surface area contributed by atoms with Crippen molar-refractivity contribution < 1.29 is 0 Å². The van der Waals surface area contributed by atoms with Crippen LogP contribution in [0.4, 0.5) is 0 Å². The number of hydrogen-bond donors (Lipinski definition) is 2. The van der Waals surface area contributed by atoms with E-state index in [0.29, 0.717) is 0 Å². The van der Waals surface area contributed by atoms with Crippen LogP contribution in [-0.2, 0) is 0 Å². The van der Waals surface area contributed by atoms with Gasteiger partial charge in [0.25, 0.3) is 0 Å². The van der Waals surface area contributed by atoms with E-state index in [-0.39, 0.29) is 0 Å². The maximum absolute atomic E-state index is 3.53. The monoisotopic (exact) mass is 196 g/mol. The summed E-state index contributed by atoms with van der Waals surface area (Å²) in [6, 6.07) is 0.867. The van der Waals surface area contributed by atoms with Gasteiger partial charge in [0.1, 0.15) is 0 Å². The van der Waals surface area contributed by atoms with Crippen molar-refractivity contribution >= 4 is 0 Å². The van der Waals surface area contributed by atoms with Gasteiger partial charge in [0.05, 0.1) is 0 Å². The Bertz CT molecular complexity index is 148. The fourth-order valence-electron chi connectivity index (χ4n) is 2.38. The molecule has 0 aromatic heterocycles. The van der Waals surface area contributed by atoms with Gasteiger partial charge < -0.3 is 10.6 Å². The zero-order valence-electron chi connectivity index (χ0n) is 9.23. The average molecular weight is 196 g/mol. The molecule has 2 fully saturated rings. The summed E-state index contributed by atoms with van der Waals surface area (Å²) in [4.78, 5) is 0. The zero-order valence-corrected chi connectivity index (χ0v) is 9.23. The van der Waals surface area contributed by atoms with E-state index in [1.807, 2.05) is 0 Å². The molecule has 2 aliphatic carbocycles. The van der Waals surface area contributed by atoms with Crippen LogP contribution < -0.4 is 10.6 Å². The van der Waals surface area contributed by atoms with Gasteiger partial charge >= 0.3 is 0 Å². The van der Waals surface area contributed by atoms with Crippen LogP contribution in [0.25, 0.3) is 0 Å². The van der Waals surface area contributed by atoms with Gasteiger partial charge in [-0.15, -0.1) is 0 Å². The molecule has 82 valence electrons. The van der Waals surface area contributed by atoms with Crippen LogP contribution in [0.3, 0.4) is 0 Å². The van der Waals surface area contributed by atoms with Gasteiger partial charge in [-0.3, -0.25) is 0 Å². The minimum atomic E-state index is 0.867. The molecule has 0 amide bonds. The number of hydrogen-bond acceptors (Lipinski definition) is 2. The fourth-order valence-corrected chi connectivity index (χ4v) is 2.38. The minimum Gasteiger partial charge on any atom is -0.315 e. The van der Waals surface area contributed by atoms with Gasteiger partial charge in [0, 0.05) is 19.1 Å². The first-order valence-electron chi connectivity index (χ1n) is 6.39. The zero-order chi connectivity index (χ0) is 9.64. The molecule has 2 rings (SSSR count). The van der Waals surface area contributed by atoms with E-state index in [2.05, 4.69) is 10.6 Å². The predicted octanol–water partition coefficient (Wildman–Crippen LogP) is 1.91. The second-order valence-corrected chi connectivity index (χ2v) is 4.92. The maximum atomic E-state index is 3.53. The summed E-state index contributed by atoms with van der Waals surface area (Å²) < 4.78 is 0. The van der Waals surface area contributed by atoms with E-state index in [1.165, 1.54) is 51.5 Å². The highest BCUT2D eigenvalue weighted by molar-refractivity contribution is 4.80. The van der Waals surface area contributed by atoms with Crippen LogP contribution in [-0.4, -0.2) is 25.7 Å². The molecule has 0 bridgehead atoms. The van der Waals surface area contributed by atoms with Gasteiger partial charge in [-0.05, 0) is 31.7 Å². The molecule has 0 aromatic rings. The molecule has 0 spiro atoms. The van der Waals surface area contributed by atoms with Crippen molar-refractivity contribution in [2.24, 2.45) is 5.92 Å². The molecule has 0 atom stereocenters. The topological polar surface area (TPSA) is 24.1 Å². The van der Waals surface area contributed by atoms with Crippen LogP contribution in [0.5, 0.6) is 0 Å². The van der Waals surface area contributed by atoms with Gasteiger partial charge in [0.2, 0.25) is 0 Å². The van der Waals surface area contributed by atoms with E-state index in [9.17, 15) is 0 Å². The van der Waals surface area contributed by atoms with Crippen LogP contribution >= 0.6 is 0 Å². The van der Waals surface area contributed by atoms with E-state index in [0.717, 1.165) is 25.0 Å². The van der Waals surface area contributed by atoms with Crippen molar-refractivity contribution in [2.75, 3.05) is 19.6 Å². The summed E-state index contributed by atoms with van der Waals surface area (Å²) in [6.45, 7) is 3.55. The van der Waals surface area contributed by atoms with Crippen molar-refractivity contribution in [3.8, 4) is 0 Å². The standard InChI is InChI=1S/C12H24N2/c1-2-4-11(3-1)7-8-13-9-10-14-12-5-6-12/h11-14H,1-10H2. The second-order valence-electron chi connectivity index (χ2n) is 4.92. The molecule has 0 aliphatic heterocycles. The van der Waals surface area contributed by atoms with Gasteiger partial charge in [-0.25, -0.2) is 0 Å². The Morgan fingerprint density at radius 3 is 2.36 bits per heavy atom. The highest BCUT2D eigenvalue weighted by atomic mass is 15.0. The summed E-state index contributed by atoms with van der Waals surface area (Å²) in [6.07, 6.45) is 10.2. The van der Waals surface area contributed by atoms with E-state index >= 15 is 0 Å². The van der Waals surface area contributed by atoms with Gasteiger partial charge in [-0.1, -0.05) is 25.7 Å². The predicted molar refractivity (Wildman–Crippen MR) is 60.5 cm³/mol. The lowest BCUT2D eigenvalue weighted by atomic mass is 10.0. The van der Waals surface area contributed by atoms with E-state index < -0.39 is 0 Å². The van der Waals surface area contributed by atoms with Crippen LogP contribution in [0.1, 0.15) is 44.9 Å². The fraction of sp³-hybridized carbons (Fsp3) is 1.00. The SMILES string of the molecule is C1CCC(CCNCCNC2CC2)C1. The Morgan fingerprint density at radius 1 is 0.857 bits per heavy atom. The molecule has 14 heavy (non-hydrogen) atoms. The molecule has 0 radical (unpaired) electrons. The molecule has 2 saturated carbocycles. The van der Waals surface area contributed by atoms with E-state index in [4.69, 9.17) is 0 Å². The third kappa shape index (κ3) is 3.97. The molecular formula is C12H24N2. The molecule has 2 nitrogen and oxygen atoms in total. The van der Waals surface area contributed by atoms with Gasteiger partial charge in [0.15, 0.2) is 0 Å². The minimum absolute atomic E-state index is 0.867. The lowest BCUT2D eigenvalue weighted by Crippen LogP contribution is -2.29. The van der Waals surface area contributed by atoms with Gasteiger partial charge in [-0.2, -0.15) is 0 Å². The maximum Gasteiger partial charge on any atom is 0.00793 e. The summed E-state index contributed by atoms with van der Waals surface area (Å²) in [5.74, 6) is 1.04. The first kappa shape index (κ1) is 10.4. The van der Waals surface area contributed by atoms with Crippen LogP contribution in [0.2, 0.25) is 0 Å².